The van der Waals surface area contributed by atoms with Crippen LogP contribution in [-0.4, -0.2) is 24.1 Å². The Morgan fingerprint density at radius 1 is 1.42 bits per heavy atom. The van der Waals surface area contributed by atoms with Crippen molar-refractivity contribution in [1.29, 1.82) is 0 Å². The Balaban J connectivity index is 2.16. The normalized spacial score (nSPS) is 20.5. The molecule has 1 aliphatic carbocycles. The average Bonchev–Trinajstić information content (AvgIpc) is 2.85. The maximum absolute atomic E-state index is 12.2. The molecular weight excluding hydrogens is 260 g/mol. The van der Waals surface area contributed by atoms with Gasteiger partial charge in [0, 0.05) is 17.6 Å². The molecule has 19 heavy (non-hydrogen) atoms. The van der Waals surface area contributed by atoms with Crippen LogP contribution in [0.3, 0.4) is 0 Å². The van der Waals surface area contributed by atoms with E-state index in [1.54, 1.807) is 6.20 Å². The molecule has 0 saturated heterocycles. The van der Waals surface area contributed by atoms with Gasteiger partial charge in [0.2, 0.25) is 0 Å². The number of ether oxygens (including phenoxy) is 1. The van der Waals surface area contributed by atoms with Gasteiger partial charge in [0.05, 0.1) is 7.11 Å². The Bertz CT molecular complexity index is 400. The number of aromatic nitrogens is 1. The third-order valence-corrected chi connectivity index (χ3v) is 4.80. The van der Waals surface area contributed by atoms with E-state index in [-0.39, 0.29) is 5.97 Å². The van der Waals surface area contributed by atoms with E-state index < -0.39 is 5.54 Å². The van der Waals surface area contributed by atoms with Crippen molar-refractivity contribution < 1.29 is 9.53 Å². The van der Waals surface area contributed by atoms with Gasteiger partial charge in [-0.25, -0.2) is 9.78 Å². The smallest absolute Gasteiger partial charge is 0.332 e. The van der Waals surface area contributed by atoms with Crippen molar-refractivity contribution >= 4 is 17.3 Å². The van der Waals surface area contributed by atoms with E-state index in [2.05, 4.69) is 10.3 Å². The Kier molecular flexibility index (Phi) is 4.93. The first-order valence-electron chi connectivity index (χ1n) is 6.93. The molecule has 1 N–H and O–H groups in total. The molecule has 2 rings (SSSR count). The molecule has 1 saturated carbocycles. The lowest BCUT2D eigenvalue weighted by molar-refractivity contribution is -0.148. The summed E-state index contributed by atoms with van der Waals surface area (Å²) in [5.74, 6) is -0.258. The van der Waals surface area contributed by atoms with Crippen molar-refractivity contribution in [2.24, 2.45) is 0 Å². The summed E-state index contributed by atoms with van der Waals surface area (Å²) >= 11 is 1.49. The quantitative estimate of drug-likeness (QED) is 0.681. The van der Waals surface area contributed by atoms with Crippen LogP contribution in [0.4, 0.5) is 0 Å². The van der Waals surface area contributed by atoms with Crippen LogP contribution in [-0.2, 0) is 15.1 Å². The molecule has 5 heteroatoms. The summed E-state index contributed by atoms with van der Waals surface area (Å²) in [4.78, 5) is 16.5. The number of hydrogen-bond donors (Lipinski definition) is 1. The molecule has 0 spiro atoms. The molecule has 1 atom stereocenters. The van der Waals surface area contributed by atoms with Crippen LogP contribution in [0.25, 0.3) is 0 Å². The second-order valence-corrected chi connectivity index (χ2v) is 6.18. The number of rotatable bonds is 4. The molecule has 0 radical (unpaired) electrons. The zero-order valence-electron chi connectivity index (χ0n) is 11.6. The lowest BCUT2D eigenvalue weighted by Crippen LogP contribution is -2.51. The Labute approximate surface area is 118 Å². The summed E-state index contributed by atoms with van der Waals surface area (Å²) in [6.45, 7) is 1.88. The molecule has 1 fully saturated rings. The maximum atomic E-state index is 12.2. The summed E-state index contributed by atoms with van der Waals surface area (Å²) in [5, 5.41) is 6.17. The van der Waals surface area contributed by atoms with E-state index in [4.69, 9.17) is 4.74 Å². The van der Waals surface area contributed by atoms with Crippen molar-refractivity contribution in [2.75, 3.05) is 7.11 Å². The van der Waals surface area contributed by atoms with Gasteiger partial charge in [-0.15, -0.1) is 11.3 Å². The topological polar surface area (TPSA) is 51.2 Å². The molecule has 0 aliphatic heterocycles. The molecule has 0 bridgehead atoms. The lowest BCUT2D eigenvalue weighted by Gasteiger charge is -2.30. The molecule has 4 nitrogen and oxygen atoms in total. The van der Waals surface area contributed by atoms with E-state index in [1.807, 2.05) is 12.3 Å². The molecule has 1 unspecified atom stereocenters. The van der Waals surface area contributed by atoms with Gasteiger partial charge in [-0.3, -0.25) is 5.32 Å². The molecule has 1 aliphatic rings. The first kappa shape index (κ1) is 14.5. The minimum atomic E-state index is -0.822. The summed E-state index contributed by atoms with van der Waals surface area (Å²) in [6.07, 6.45) is 9.03. The van der Waals surface area contributed by atoms with Crippen LogP contribution in [0.5, 0.6) is 0 Å². The monoisotopic (exact) mass is 282 g/mol. The van der Waals surface area contributed by atoms with Crippen molar-refractivity contribution in [3.8, 4) is 0 Å². The van der Waals surface area contributed by atoms with E-state index in [0.29, 0.717) is 6.04 Å². The predicted molar refractivity (Wildman–Crippen MR) is 76.1 cm³/mol. The summed E-state index contributed by atoms with van der Waals surface area (Å²) in [7, 11) is 1.43. The summed E-state index contributed by atoms with van der Waals surface area (Å²) < 4.78 is 4.98. The van der Waals surface area contributed by atoms with Gasteiger partial charge in [0.1, 0.15) is 5.01 Å². The Morgan fingerprint density at radius 2 is 2.11 bits per heavy atom. The Morgan fingerprint density at radius 3 is 2.63 bits per heavy atom. The van der Waals surface area contributed by atoms with E-state index in [9.17, 15) is 4.79 Å². The largest absolute Gasteiger partial charge is 0.467 e. The number of hydrogen-bond acceptors (Lipinski definition) is 5. The number of nitrogens with one attached hydrogen (secondary N) is 1. The SMILES string of the molecule is COC(=O)C(C)(NC1CCCCCC1)c1nccs1. The van der Waals surface area contributed by atoms with Gasteiger partial charge in [-0.05, 0) is 19.8 Å². The highest BCUT2D eigenvalue weighted by molar-refractivity contribution is 7.09. The molecular formula is C14H22N2O2S. The molecule has 1 aromatic rings. The van der Waals surface area contributed by atoms with Gasteiger partial charge in [-0.1, -0.05) is 25.7 Å². The third kappa shape index (κ3) is 3.34. The summed E-state index contributed by atoms with van der Waals surface area (Å²) in [6, 6.07) is 0.371. The molecule has 0 amide bonds. The standard InChI is InChI=1S/C14H22N2O2S/c1-14(13(17)18-2,12-15-9-10-19-12)16-11-7-5-3-4-6-8-11/h9-11,16H,3-8H2,1-2H3. The molecule has 0 aromatic carbocycles. The van der Waals surface area contributed by atoms with Crippen LogP contribution in [0.15, 0.2) is 11.6 Å². The van der Waals surface area contributed by atoms with E-state index in [0.717, 1.165) is 17.8 Å². The van der Waals surface area contributed by atoms with Crippen molar-refractivity contribution in [2.45, 2.75) is 57.0 Å². The zero-order chi connectivity index (χ0) is 13.7. The molecule has 1 heterocycles. The molecule has 106 valence electrons. The number of carbonyl (C=O) groups excluding carboxylic acids is 1. The van der Waals surface area contributed by atoms with Gasteiger partial charge >= 0.3 is 5.97 Å². The zero-order valence-corrected chi connectivity index (χ0v) is 12.5. The first-order valence-corrected chi connectivity index (χ1v) is 7.81. The fraction of sp³-hybridized carbons (Fsp3) is 0.714. The fourth-order valence-corrected chi connectivity index (χ4v) is 3.46. The number of esters is 1. The fourth-order valence-electron chi connectivity index (χ4n) is 2.71. The second kappa shape index (κ2) is 6.48. The third-order valence-electron chi connectivity index (χ3n) is 3.80. The van der Waals surface area contributed by atoms with Crippen LogP contribution >= 0.6 is 11.3 Å². The molecule has 1 aromatic heterocycles. The summed E-state index contributed by atoms with van der Waals surface area (Å²) in [5.41, 5.74) is -0.822. The van der Waals surface area contributed by atoms with Crippen molar-refractivity contribution in [3.05, 3.63) is 16.6 Å². The lowest BCUT2D eigenvalue weighted by atomic mass is 9.99. The van der Waals surface area contributed by atoms with Crippen molar-refractivity contribution in [3.63, 3.8) is 0 Å². The highest BCUT2D eigenvalue weighted by atomic mass is 32.1. The minimum absolute atomic E-state index is 0.258. The average molecular weight is 282 g/mol. The number of carbonyl (C=O) groups is 1. The number of thiazole rings is 1. The van der Waals surface area contributed by atoms with E-state index >= 15 is 0 Å². The Hall–Kier alpha value is -0.940. The number of methoxy groups -OCH3 is 1. The maximum Gasteiger partial charge on any atom is 0.332 e. The first-order chi connectivity index (χ1) is 9.16. The highest BCUT2D eigenvalue weighted by Crippen LogP contribution is 2.28. The van der Waals surface area contributed by atoms with Crippen LogP contribution in [0.2, 0.25) is 0 Å². The number of nitrogens with zero attached hydrogens (tertiary/aromatic N) is 1. The van der Waals surface area contributed by atoms with E-state index in [1.165, 1.54) is 44.1 Å². The van der Waals surface area contributed by atoms with Gasteiger partial charge in [0.25, 0.3) is 0 Å². The second-order valence-electron chi connectivity index (χ2n) is 5.29. The van der Waals surface area contributed by atoms with Crippen LogP contribution in [0, 0.1) is 0 Å². The predicted octanol–water partition coefficient (Wildman–Crippen LogP) is 2.84. The van der Waals surface area contributed by atoms with Gasteiger partial charge in [0.15, 0.2) is 5.54 Å². The highest BCUT2D eigenvalue weighted by Gasteiger charge is 2.40. The minimum Gasteiger partial charge on any atom is -0.467 e. The van der Waals surface area contributed by atoms with Gasteiger partial charge in [-0.2, -0.15) is 0 Å². The van der Waals surface area contributed by atoms with Crippen LogP contribution < -0.4 is 5.32 Å². The van der Waals surface area contributed by atoms with Gasteiger partial charge < -0.3 is 4.74 Å². The van der Waals surface area contributed by atoms with Crippen LogP contribution in [0.1, 0.15) is 50.5 Å². The van der Waals surface area contributed by atoms with Crippen molar-refractivity contribution in [1.82, 2.24) is 10.3 Å².